The third kappa shape index (κ3) is 7.58. The predicted molar refractivity (Wildman–Crippen MR) is 159 cm³/mol. The Morgan fingerprint density at radius 3 is 2.32 bits per heavy atom. The molecule has 1 aliphatic heterocycles. The highest BCUT2D eigenvalue weighted by atomic mass is 35.5. The first-order valence-corrected chi connectivity index (χ1v) is 14.0. The summed E-state index contributed by atoms with van der Waals surface area (Å²) >= 11 is 12.5. The van der Waals surface area contributed by atoms with Crippen LogP contribution in [0.5, 0.6) is 0 Å². The van der Waals surface area contributed by atoms with Crippen LogP contribution in [0.25, 0.3) is 0 Å². The molecule has 41 heavy (non-hydrogen) atoms. The maximum Gasteiger partial charge on any atom is 0.324 e. The SMILES string of the molecule is Cc1ccc(N2CC(CC(=O)O)(CC(=O)NC(C)C(O)c3ccccc3)CN(Cc3ccc(Cl)cc3Cl)C2=O)cc1. The highest BCUT2D eigenvalue weighted by molar-refractivity contribution is 6.35. The molecule has 0 aliphatic carbocycles. The topological polar surface area (TPSA) is 110 Å². The van der Waals surface area contributed by atoms with Crippen LogP contribution in [0.4, 0.5) is 10.5 Å². The molecule has 216 valence electrons. The first-order chi connectivity index (χ1) is 19.5. The van der Waals surface area contributed by atoms with Gasteiger partial charge >= 0.3 is 12.0 Å². The number of nitrogens with zero attached hydrogens (tertiary/aromatic N) is 2. The van der Waals surface area contributed by atoms with Crippen molar-refractivity contribution in [1.82, 2.24) is 10.2 Å². The highest BCUT2D eigenvalue weighted by Gasteiger charge is 2.46. The molecule has 1 saturated heterocycles. The molecule has 0 aromatic heterocycles. The number of aliphatic carboxylic acids is 1. The summed E-state index contributed by atoms with van der Waals surface area (Å²) in [5, 5.41) is 24.4. The Hall–Kier alpha value is -3.59. The predicted octanol–water partition coefficient (Wildman–Crippen LogP) is 5.83. The van der Waals surface area contributed by atoms with Gasteiger partial charge in [0, 0.05) is 47.2 Å². The van der Waals surface area contributed by atoms with E-state index < -0.39 is 29.4 Å². The van der Waals surface area contributed by atoms with Crippen molar-refractivity contribution in [1.29, 1.82) is 0 Å². The van der Waals surface area contributed by atoms with Gasteiger partial charge in [0.25, 0.3) is 0 Å². The van der Waals surface area contributed by atoms with E-state index in [0.29, 0.717) is 26.9 Å². The number of amides is 3. The zero-order valence-electron chi connectivity index (χ0n) is 22.9. The third-order valence-electron chi connectivity index (χ3n) is 7.31. The summed E-state index contributed by atoms with van der Waals surface area (Å²) in [4.78, 5) is 42.4. The maximum absolute atomic E-state index is 13.8. The van der Waals surface area contributed by atoms with Crippen molar-refractivity contribution in [2.45, 2.75) is 45.4 Å². The number of aliphatic hydroxyl groups excluding tert-OH is 1. The molecule has 4 rings (SSSR count). The van der Waals surface area contributed by atoms with Gasteiger partial charge in [-0.2, -0.15) is 0 Å². The summed E-state index contributed by atoms with van der Waals surface area (Å²) in [6.07, 6.45) is -1.47. The largest absolute Gasteiger partial charge is 0.481 e. The zero-order valence-corrected chi connectivity index (χ0v) is 24.4. The Morgan fingerprint density at radius 1 is 1.00 bits per heavy atom. The average Bonchev–Trinajstić information content (AvgIpc) is 2.92. The molecule has 8 nitrogen and oxygen atoms in total. The lowest BCUT2D eigenvalue weighted by Crippen LogP contribution is -2.60. The summed E-state index contributed by atoms with van der Waals surface area (Å²) in [5.74, 6) is -1.51. The number of rotatable bonds is 10. The number of aryl methyl sites for hydroxylation is 1. The number of halogens is 2. The summed E-state index contributed by atoms with van der Waals surface area (Å²) < 4.78 is 0. The van der Waals surface area contributed by atoms with Crippen LogP contribution in [0.2, 0.25) is 10.0 Å². The number of hydrogen-bond donors (Lipinski definition) is 3. The second kappa shape index (κ2) is 12.9. The lowest BCUT2D eigenvalue weighted by atomic mass is 9.77. The third-order valence-corrected chi connectivity index (χ3v) is 7.90. The van der Waals surface area contributed by atoms with Crippen LogP contribution in [0.1, 0.15) is 42.6 Å². The van der Waals surface area contributed by atoms with Crippen molar-refractivity contribution >= 4 is 46.8 Å². The summed E-state index contributed by atoms with van der Waals surface area (Å²) in [7, 11) is 0. The van der Waals surface area contributed by atoms with Crippen molar-refractivity contribution in [3.63, 3.8) is 0 Å². The molecule has 1 aliphatic rings. The van der Waals surface area contributed by atoms with Crippen LogP contribution < -0.4 is 10.2 Å². The molecular formula is C31H33Cl2N3O5. The van der Waals surface area contributed by atoms with Crippen molar-refractivity contribution in [2.75, 3.05) is 18.0 Å². The Bertz CT molecular complexity index is 1400. The normalized spacial score (nSPS) is 18.6. The Labute approximate surface area is 249 Å². The van der Waals surface area contributed by atoms with Crippen molar-refractivity contribution < 1.29 is 24.6 Å². The van der Waals surface area contributed by atoms with Crippen LogP contribution in [0.3, 0.4) is 0 Å². The van der Waals surface area contributed by atoms with E-state index in [2.05, 4.69) is 5.32 Å². The molecule has 0 spiro atoms. The summed E-state index contributed by atoms with van der Waals surface area (Å²) in [5.41, 5.74) is 1.76. The fraction of sp³-hybridized carbons (Fsp3) is 0.323. The minimum Gasteiger partial charge on any atom is -0.481 e. The molecular weight excluding hydrogens is 565 g/mol. The molecule has 0 bridgehead atoms. The van der Waals surface area contributed by atoms with Gasteiger partial charge in [-0.3, -0.25) is 14.5 Å². The van der Waals surface area contributed by atoms with E-state index in [1.165, 1.54) is 9.80 Å². The van der Waals surface area contributed by atoms with Gasteiger partial charge < -0.3 is 20.4 Å². The van der Waals surface area contributed by atoms with E-state index in [0.717, 1.165) is 5.56 Å². The number of benzene rings is 3. The number of carbonyl (C=O) groups excluding carboxylic acids is 2. The maximum atomic E-state index is 13.8. The summed E-state index contributed by atoms with van der Waals surface area (Å²) in [6.45, 7) is 3.76. The molecule has 1 heterocycles. The quantitative estimate of drug-likeness (QED) is 0.272. The van der Waals surface area contributed by atoms with Crippen molar-refractivity contribution in [2.24, 2.45) is 5.41 Å². The Balaban J connectivity index is 1.64. The van der Waals surface area contributed by atoms with Crippen LogP contribution in [0.15, 0.2) is 72.8 Å². The van der Waals surface area contributed by atoms with Gasteiger partial charge in [-0.15, -0.1) is 0 Å². The van der Waals surface area contributed by atoms with Gasteiger partial charge in [-0.1, -0.05) is 77.3 Å². The van der Waals surface area contributed by atoms with E-state index in [1.54, 1.807) is 61.5 Å². The fourth-order valence-corrected chi connectivity index (χ4v) is 5.74. The molecule has 0 saturated carbocycles. The minimum absolute atomic E-state index is 0.0164. The van der Waals surface area contributed by atoms with Gasteiger partial charge in [0.05, 0.1) is 18.6 Å². The molecule has 3 unspecified atom stereocenters. The van der Waals surface area contributed by atoms with Gasteiger partial charge in [0.1, 0.15) is 0 Å². The zero-order chi connectivity index (χ0) is 29.7. The number of hydrogen-bond acceptors (Lipinski definition) is 4. The molecule has 3 amide bonds. The monoisotopic (exact) mass is 597 g/mol. The van der Waals surface area contributed by atoms with Crippen LogP contribution in [-0.4, -0.2) is 52.2 Å². The second-order valence-corrected chi connectivity index (χ2v) is 11.6. The Morgan fingerprint density at radius 2 is 1.68 bits per heavy atom. The van der Waals surface area contributed by atoms with Crippen molar-refractivity contribution in [3.05, 3.63) is 99.5 Å². The van der Waals surface area contributed by atoms with E-state index in [-0.39, 0.29) is 38.5 Å². The number of carboxylic acids is 1. The smallest absolute Gasteiger partial charge is 0.324 e. The van der Waals surface area contributed by atoms with Gasteiger partial charge in [-0.05, 0) is 49.2 Å². The molecule has 3 atom stereocenters. The lowest BCUT2D eigenvalue weighted by molar-refractivity contribution is -0.141. The van der Waals surface area contributed by atoms with E-state index >= 15 is 0 Å². The van der Waals surface area contributed by atoms with E-state index in [9.17, 15) is 24.6 Å². The number of carbonyl (C=O) groups is 3. The molecule has 10 heteroatoms. The first-order valence-electron chi connectivity index (χ1n) is 13.3. The van der Waals surface area contributed by atoms with Gasteiger partial charge in [-0.25, -0.2) is 4.79 Å². The Kier molecular flexibility index (Phi) is 9.58. The fourth-order valence-electron chi connectivity index (χ4n) is 5.27. The van der Waals surface area contributed by atoms with Crippen LogP contribution in [-0.2, 0) is 16.1 Å². The standard InChI is InChI=1S/C31H33Cl2N3O5/c1-20-8-12-25(13-9-20)36-19-31(16-28(38)39,15-27(37)34-21(2)29(40)22-6-4-3-5-7-22)18-35(30(36)41)17-23-10-11-24(32)14-26(23)33/h3-14,21,29,40H,15-19H2,1-2H3,(H,34,37)(H,38,39). The number of aliphatic hydroxyl groups is 1. The molecule has 3 aromatic rings. The average molecular weight is 599 g/mol. The number of anilines is 1. The highest BCUT2D eigenvalue weighted by Crippen LogP contribution is 2.38. The molecule has 1 fully saturated rings. The molecule has 0 radical (unpaired) electrons. The second-order valence-electron chi connectivity index (χ2n) is 10.8. The first kappa shape index (κ1) is 30.4. The van der Waals surface area contributed by atoms with Gasteiger partial charge in [0.15, 0.2) is 0 Å². The summed E-state index contributed by atoms with van der Waals surface area (Å²) in [6, 6.07) is 20.3. The lowest BCUT2D eigenvalue weighted by Gasteiger charge is -2.47. The number of nitrogens with one attached hydrogen (secondary N) is 1. The minimum atomic E-state index is -1.13. The van der Waals surface area contributed by atoms with Gasteiger partial charge in [0.2, 0.25) is 5.91 Å². The van der Waals surface area contributed by atoms with Crippen LogP contribution in [0, 0.1) is 12.3 Å². The number of urea groups is 1. The van der Waals surface area contributed by atoms with Crippen LogP contribution >= 0.6 is 23.2 Å². The van der Waals surface area contributed by atoms with E-state index in [1.807, 2.05) is 25.1 Å². The van der Waals surface area contributed by atoms with Crippen molar-refractivity contribution in [3.8, 4) is 0 Å². The molecule has 3 N–H and O–H groups in total. The van der Waals surface area contributed by atoms with E-state index in [4.69, 9.17) is 23.2 Å². The molecule has 3 aromatic carbocycles. The number of carboxylic acid groups (broad SMARTS) is 1.